The first kappa shape index (κ1) is 19.9. The zero-order valence-electron chi connectivity index (χ0n) is 12.8. The number of hydrogen-bond donors (Lipinski definition) is 5. The summed E-state index contributed by atoms with van der Waals surface area (Å²) in [5.74, 6) is -1.70. The minimum atomic E-state index is -1.02. The van der Waals surface area contributed by atoms with Crippen LogP contribution in [0.25, 0.3) is 0 Å². The summed E-state index contributed by atoms with van der Waals surface area (Å²) >= 11 is 0. The molecular weight excluding hydrogens is 288 g/mol. The Morgan fingerprint density at radius 2 is 1.59 bits per heavy atom. The van der Waals surface area contributed by atoms with Gasteiger partial charge in [-0.15, -0.1) is 0 Å². The minimum absolute atomic E-state index is 0.0718. The summed E-state index contributed by atoms with van der Waals surface area (Å²) in [6.07, 6.45) is 1.09. The Morgan fingerprint density at radius 1 is 1.09 bits per heavy atom. The van der Waals surface area contributed by atoms with E-state index in [0.717, 1.165) is 12.0 Å². The van der Waals surface area contributed by atoms with Gasteiger partial charge in [0.25, 0.3) is 0 Å². The number of aliphatic carboxylic acids is 2. The van der Waals surface area contributed by atoms with Crippen LogP contribution in [0.3, 0.4) is 0 Å². The fourth-order valence-corrected chi connectivity index (χ4v) is 1.47. The maximum atomic E-state index is 10.4. The van der Waals surface area contributed by atoms with Crippen molar-refractivity contribution in [3.63, 3.8) is 0 Å². The van der Waals surface area contributed by atoms with Crippen LogP contribution in [-0.2, 0) is 16.0 Å². The molecule has 0 heterocycles. The van der Waals surface area contributed by atoms with Crippen molar-refractivity contribution in [2.45, 2.75) is 38.8 Å². The van der Waals surface area contributed by atoms with Gasteiger partial charge >= 0.3 is 11.9 Å². The summed E-state index contributed by atoms with van der Waals surface area (Å²) in [6, 6.07) is 4.73. The number of carbonyl (C=O) groups is 2. The molecule has 1 aromatic carbocycles. The van der Waals surface area contributed by atoms with E-state index in [4.69, 9.17) is 26.8 Å². The van der Waals surface area contributed by atoms with E-state index in [2.05, 4.69) is 0 Å². The van der Waals surface area contributed by atoms with Crippen molar-refractivity contribution in [3.8, 4) is 5.75 Å². The molecule has 0 amide bonds. The molecule has 0 saturated heterocycles. The van der Waals surface area contributed by atoms with Gasteiger partial charge in [0, 0.05) is 0 Å². The van der Waals surface area contributed by atoms with Crippen LogP contribution in [-0.4, -0.2) is 39.3 Å². The van der Waals surface area contributed by atoms with Gasteiger partial charge in [0.2, 0.25) is 0 Å². The van der Waals surface area contributed by atoms with Crippen molar-refractivity contribution in [3.05, 3.63) is 29.8 Å². The predicted molar refractivity (Wildman–Crippen MR) is 82.5 cm³/mol. The monoisotopic (exact) mass is 312 g/mol. The fourth-order valence-electron chi connectivity index (χ4n) is 1.47. The third-order valence-corrected chi connectivity index (χ3v) is 3.25. The molecule has 0 fully saturated rings. The van der Waals surface area contributed by atoms with E-state index in [-0.39, 0.29) is 18.1 Å². The number of carboxylic acids is 2. The van der Waals surface area contributed by atoms with Gasteiger partial charge in [0.05, 0.1) is 0 Å². The molecule has 3 atom stereocenters. The number of carboxylic acid groups (broad SMARTS) is 2. The van der Waals surface area contributed by atoms with Crippen LogP contribution in [0.2, 0.25) is 0 Å². The molecule has 0 spiro atoms. The molecule has 0 aromatic heterocycles. The van der Waals surface area contributed by atoms with Crippen molar-refractivity contribution >= 4 is 11.9 Å². The van der Waals surface area contributed by atoms with Gasteiger partial charge in [-0.2, -0.15) is 0 Å². The van der Waals surface area contributed by atoms with Gasteiger partial charge in [0.15, 0.2) is 0 Å². The fraction of sp³-hybridized carbons (Fsp3) is 0.467. The smallest absolute Gasteiger partial charge is 0.320 e. The number of nitrogens with two attached hydrogens (primary N) is 2. The molecule has 0 aliphatic carbocycles. The summed E-state index contributed by atoms with van der Waals surface area (Å²) in [6.45, 7) is 3.76. The molecule has 0 aliphatic heterocycles. The molecule has 0 saturated carbocycles. The highest BCUT2D eigenvalue weighted by atomic mass is 16.4. The number of hydrogen-bond acceptors (Lipinski definition) is 5. The normalized spacial score (nSPS) is 14.2. The Bertz CT molecular complexity index is 475. The first-order valence-electron chi connectivity index (χ1n) is 6.93. The number of phenols is 1. The lowest BCUT2D eigenvalue weighted by molar-refractivity contribution is -0.140. The van der Waals surface area contributed by atoms with Gasteiger partial charge < -0.3 is 26.8 Å². The lowest BCUT2D eigenvalue weighted by Crippen LogP contribution is -2.36. The molecule has 0 aliphatic rings. The molecule has 0 radical (unpaired) electrons. The minimum Gasteiger partial charge on any atom is -0.508 e. The maximum absolute atomic E-state index is 10.4. The highest BCUT2D eigenvalue weighted by molar-refractivity contribution is 5.73. The molecule has 7 N–H and O–H groups in total. The second kappa shape index (κ2) is 9.75. The molecule has 1 rings (SSSR count). The number of aromatic hydroxyl groups is 1. The lowest BCUT2D eigenvalue weighted by atomic mass is 10.0. The van der Waals surface area contributed by atoms with Crippen molar-refractivity contribution < 1.29 is 24.9 Å². The Kier molecular flexibility index (Phi) is 8.81. The number of phenolic OH excluding ortho intramolecular Hbond substituents is 1. The van der Waals surface area contributed by atoms with Crippen LogP contribution in [0, 0.1) is 5.92 Å². The molecule has 7 heteroatoms. The number of rotatable bonds is 6. The topological polar surface area (TPSA) is 147 Å². The zero-order chi connectivity index (χ0) is 17.3. The largest absolute Gasteiger partial charge is 0.508 e. The molecule has 1 aromatic rings. The molecule has 7 nitrogen and oxygen atoms in total. The van der Waals surface area contributed by atoms with Gasteiger partial charge in [-0.25, -0.2) is 0 Å². The van der Waals surface area contributed by atoms with Gasteiger partial charge in [0.1, 0.15) is 17.8 Å². The van der Waals surface area contributed by atoms with Gasteiger partial charge in [-0.3, -0.25) is 9.59 Å². The van der Waals surface area contributed by atoms with Crippen molar-refractivity contribution in [2.24, 2.45) is 17.4 Å². The Morgan fingerprint density at radius 3 is 1.91 bits per heavy atom. The van der Waals surface area contributed by atoms with Crippen molar-refractivity contribution in [2.75, 3.05) is 0 Å². The molecule has 124 valence electrons. The third kappa shape index (κ3) is 7.61. The van der Waals surface area contributed by atoms with Crippen LogP contribution in [0.4, 0.5) is 0 Å². The Hall–Kier alpha value is -2.12. The first-order chi connectivity index (χ1) is 10.2. The second-order valence-corrected chi connectivity index (χ2v) is 5.06. The highest BCUT2D eigenvalue weighted by Gasteiger charge is 2.17. The number of benzene rings is 1. The third-order valence-electron chi connectivity index (χ3n) is 3.25. The van der Waals surface area contributed by atoms with E-state index in [1.54, 1.807) is 12.1 Å². The summed E-state index contributed by atoms with van der Waals surface area (Å²) in [7, 11) is 0. The van der Waals surface area contributed by atoms with E-state index in [1.165, 1.54) is 12.1 Å². The van der Waals surface area contributed by atoms with Crippen molar-refractivity contribution in [1.29, 1.82) is 0 Å². The SMILES string of the molecule is CC[C@H](C)[C@H](N)C(=O)O.N[C@H](Cc1ccc(O)cc1)C(=O)O. The second-order valence-electron chi connectivity index (χ2n) is 5.06. The molecule has 0 bridgehead atoms. The summed E-state index contributed by atoms with van der Waals surface area (Å²) < 4.78 is 0. The summed E-state index contributed by atoms with van der Waals surface area (Å²) in [5, 5.41) is 25.8. The van der Waals surface area contributed by atoms with Crippen LogP contribution < -0.4 is 11.5 Å². The average molecular weight is 312 g/mol. The Balaban J connectivity index is 0.000000433. The van der Waals surface area contributed by atoms with Crippen molar-refractivity contribution in [1.82, 2.24) is 0 Å². The standard InChI is InChI=1S/C9H11NO3.C6H13NO2/c10-8(9(12)13)5-6-1-3-7(11)4-2-6;1-3-4(2)5(7)6(8)9/h1-4,8,11H,5,10H2,(H,12,13);4-5H,3,7H2,1-2H3,(H,8,9)/t8-;4-,5-/m10/s1. The zero-order valence-corrected chi connectivity index (χ0v) is 12.8. The van der Waals surface area contributed by atoms with Crippen LogP contribution >= 0.6 is 0 Å². The predicted octanol–water partition coefficient (Wildman–Crippen LogP) is 0.791. The molecule has 0 unspecified atom stereocenters. The highest BCUT2D eigenvalue weighted by Crippen LogP contribution is 2.10. The average Bonchev–Trinajstić information content (AvgIpc) is 2.48. The maximum Gasteiger partial charge on any atom is 0.320 e. The first-order valence-corrected chi connectivity index (χ1v) is 6.93. The van der Waals surface area contributed by atoms with E-state index < -0.39 is 24.0 Å². The van der Waals surface area contributed by atoms with E-state index in [9.17, 15) is 9.59 Å². The van der Waals surface area contributed by atoms with Crippen LogP contribution in [0.5, 0.6) is 5.75 Å². The quantitative estimate of drug-likeness (QED) is 0.521. The lowest BCUT2D eigenvalue weighted by Gasteiger charge is -2.11. The summed E-state index contributed by atoms with van der Waals surface area (Å²) in [4.78, 5) is 20.6. The van der Waals surface area contributed by atoms with Crippen LogP contribution in [0.1, 0.15) is 25.8 Å². The van der Waals surface area contributed by atoms with Gasteiger partial charge in [-0.1, -0.05) is 32.4 Å². The Labute approximate surface area is 129 Å². The molecule has 22 heavy (non-hydrogen) atoms. The molecular formula is C15H24N2O5. The van der Waals surface area contributed by atoms with E-state index in [0.29, 0.717) is 0 Å². The van der Waals surface area contributed by atoms with E-state index >= 15 is 0 Å². The van der Waals surface area contributed by atoms with Crippen LogP contribution in [0.15, 0.2) is 24.3 Å². The van der Waals surface area contributed by atoms with Gasteiger partial charge in [-0.05, 0) is 30.0 Å². The summed E-state index contributed by atoms with van der Waals surface area (Å²) in [5.41, 5.74) is 11.4. The van der Waals surface area contributed by atoms with E-state index in [1.807, 2.05) is 13.8 Å².